The van der Waals surface area contributed by atoms with Crippen LogP contribution in [0.25, 0.3) is 0 Å². The average molecular weight is 263 g/mol. The largest absolute Gasteiger partial charge is 0.496 e. The fraction of sp³-hybridized carbons (Fsp3) is 0.429. The van der Waals surface area contributed by atoms with Crippen molar-refractivity contribution in [2.24, 2.45) is 5.92 Å². The second kappa shape index (κ2) is 5.73. The van der Waals surface area contributed by atoms with Gasteiger partial charge in [0.05, 0.1) is 12.7 Å². The summed E-state index contributed by atoms with van der Waals surface area (Å²) in [5.74, 6) is -0.532. The Labute approximate surface area is 111 Å². The molecule has 5 nitrogen and oxygen atoms in total. The number of aliphatic carboxylic acids is 1. The van der Waals surface area contributed by atoms with Crippen LogP contribution in [0.5, 0.6) is 5.75 Å². The van der Waals surface area contributed by atoms with Crippen LogP contribution in [0.2, 0.25) is 0 Å². The Morgan fingerprint density at radius 2 is 2.11 bits per heavy atom. The number of rotatable bonds is 6. The van der Waals surface area contributed by atoms with Crippen LogP contribution in [0.1, 0.15) is 29.6 Å². The number of ether oxygens (including phenoxy) is 1. The summed E-state index contributed by atoms with van der Waals surface area (Å²) in [6, 6.07) is 5.93. The van der Waals surface area contributed by atoms with E-state index in [4.69, 9.17) is 9.84 Å². The Kier molecular flexibility index (Phi) is 4.04. The number of amides is 1. The SMILES string of the molecule is COc1ccccc1C(=O)NC(CC1CC1)C(=O)O. The molecule has 1 unspecified atom stereocenters. The van der Waals surface area contributed by atoms with Gasteiger partial charge in [-0.3, -0.25) is 4.79 Å². The lowest BCUT2D eigenvalue weighted by atomic mass is 10.1. The number of benzene rings is 1. The van der Waals surface area contributed by atoms with Gasteiger partial charge in [-0.2, -0.15) is 0 Å². The predicted molar refractivity (Wildman–Crippen MR) is 69.2 cm³/mol. The van der Waals surface area contributed by atoms with Crippen LogP contribution < -0.4 is 10.1 Å². The minimum absolute atomic E-state index is 0.354. The third kappa shape index (κ3) is 3.47. The van der Waals surface area contributed by atoms with Gasteiger partial charge < -0.3 is 15.2 Å². The lowest BCUT2D eigenvalue weighted by molar-refractivity contribution is -0.139. The smallest absolute Gasteiger partial charge is 0.326 e. The van der Waals surface area contributed by atoms with E-state index in [1.54, 1.807) is 24.3 Å². The molecule has 1 aliphatic carbocycles. The summed E-state index contributed by atoms with van der Waals surface area (Å²) in [7, 11) is 1.48. The molecule has 1 aliphatic rings. The van der Waals surface area contributed by atoms with Crippen molar-refractivity contribution < 1.29 is 19.4 Å². The highest BCUT2D eigenvalue weighted by molar-refractivity contribution is 5.98. The van der Waals surface area contributed by atoms with Crippen LogP contribution >= 0.6 is 0 Å². The van der Waals surface area contributed by atoms with Crippen molar-refractivity contribution in [1.29, 1.82) is 0 Å². The van der Waals surface area contributed by atoms with E-state index in [-0.39, 0.29) is 0 Å². The first kappa shape index (κ1) is 13.4. The zero-order valence-corrected chi connectivity index (χ0v) is 10.8. The molecule has 0 spiro atoms. The maximum Gasteiger partial charge on any atom is 0.326 e. The van der Waals surface area contributed by atoms with E-state index >= 15 is 0 Å². The Balaban J connectivity index is 2.07. The number of nitrogens with one attached hydrogen (secondary N) is 1. The molecule has 0 heterocycles. The molecule has 0 aromatic heterocycles. The molecule has 1 fully saturated rings. The topological polar surface area (TPSA) is 75.6 Å². The van der Waals surface area contributed by atoms with Crippen molar-refractivity contribution in [3.63, 3.8) is 0 Å². The quantitative estimate of drug-likeness (QED) is 0.818. The molecule has 1 aromatic rings. The first-order valence-electron chi connectivity index (χ1n) is 6.28. The minimum atomic E-state index is -0.991. The van der Waals surface area contributed by atoms with Gasteiger partial charge in [-0.05, 0) is 24.5 Å². The molecule has 1 amide bonds. The van der Waals surface area contributed by atoms with Crippen LogP contribution in [-0.2, 0) is 4.79 Å². The van der Waals surface area contributed by atoms with Crippen LogP contribution in [-0.4, -0.2) is 30.1 Å². The lowest BCUT2D eigenvalue weighted by Gasteiger charge is -2.15. The maximum atomic E-state index is 12.1. The van der Waals surface area contributed by atoms with E-state index in [0.29, 0.717) is 23.7 Å². The van der Waals surface area contributed by atoms with Gasteiger partial charge in [-0.1, -0.05) is 25.0 Å². The van der Waals surface area contributed by atoms with E-state index in [2.05, 4.69) is 5.32 Å². The highest BCUT2D eigenvalue weighted by Crippen LogP contribution is 2.33. The fourth-order valence-electron chi connectivity index (χ4n) is 1.98. The summed E-state index contributed by atoms with van der Waals surface area (Å²) >= 11 is 0. The van der Waals surface area contributed by atoms with Gasteiger partial charge in [-0.15, -0.1) is 0 Å². The number of para-hydroxylation sites is 1. The molecule has 5 heteroatoms. The number of carboxylic acid groups (broad SMARTS) is 1. The second-order valence-corrected chi connectivity index (χ2v) is 4.74. The van der Waals surface area contributed by atoms with Crippen LogP contribution in [0, 0.1) is 5.92 Å². The monoisotopic (exact) mass is 263 g/mol. The number of methoxy groups -OCH3 is 1. The third-order valence-corrected chi connectivity index (χ3v) is 3.22. The highest BCUT2D eigenvalue weighted by atomic mass is 16.5. The summed E-state index contributed by atoms with van der Waals surface area (Å²) in [4.78, 5) is 23.2. The third-order valence-electron chi connectivity index (χ3n) is 3.22. The van der Waals surface area contributed by atoms with Crippen LogP contribution in [0.4, 0.5) is 0 Å². The summed E-state index contributed by atoms with van der Waals surface area (Å²) in [5, 5.41) is 11.7. The molecule has 1 atom stereocenters. The van der Waals surface area contributed by atoms with Gasteiger partial charge in [0.25, 0.3) is 5.91 Å². The fourth-order valence-corrected chi connectivity index (χ4v) is 1.98. The Morgan fingerprint density at radius 3 is 2.68 bits per heavy atom. The number of carbonyl (C=O) groups is 2. The van der Waals surface area contributed by atoms with Crippen molar-refractivity contribution in [1.82, 2.24) is 5.32 Å². The van der Waals surface area contributed by atoms with Crippen LogP contribution in [0.3, 0.4) is 0 Å². The molecular weight excluding hydrogens is 246 g/mol. The zero-order valence-electron chi connectivity index (χ0n) is 10.8. The second-order valence-electron chi connectivity index (χ2n) is 4.74. The maximum absolute atomic E-state index is 12.1. The van der Waals surface area contributed by atoms with Crippen molar-refractivity contribution >= 4 is 11.9 Å². The van der Waals surface area contributed by atoms with E-state index in [1.165, 1.54) is 7.11 Å². The Morgan fingerprint density at radius 1 is 1.42 bits per heavy atom. The van der Waals surface area contributed by atoms with Crippen molar-refractivity contribution in [2.75, 3.05) is 7.11 Å². The summed E-state index contributed by atoms with van der Waals surface area (Å²) in [6.07, 6.45) is 2.60. The van der Waals surface area contributed by atoms with Gasteiger partial charge in [0.1, 0.15) is 11.8 Å². The van der Waals surface area contributed by atoms with Gasteiger partial charge in [-0.25, -0.2) is 4.79 Å². The minimum Gasteiger partial charge on any atom is -0.496 e. The van der Waals surface area contributed by atoms with Gasteiger partial charge in [0.15, 0.2) is 0 Å². The van der Waals surface area contributed by atoms with Gasteiger partial charge in [0, 0.05) is 0 Å². The standard InChI is InChI=1S/C14H17NO4/c1-19-12-5-3-2-4-10(12)13(16)15-11(14(17)18)8-9-6-7-9/h2-5,9,11H,6-8H2,1H3,(H,15,16)(H,17,18). The van der Waals surface area contributed by atoms with E-state index in [0.717, 1.165) is 12.8 Å². The van der Waals surface area contributed by atoms with Crippen molar-refractivity contribution in [2.45, 2.75) is 25.3 Å². The first-order chi connectivity index (χ1) is 9.11. The van der Waals surface area contributed by atoms with E-state index in [9.17, 15) is 9.59 Å². The Hall–Kier alpha value is -2.04. The number of carbonyl (C=O) groups excluding carboxylic acids is 1. The number of hydrogen-bond acceptors (Lipinski definition) is 3. The molecule has 2 N–H and O–H groups in total. The summed E-state index contributed by atoms with van der Waals surface area (Å²) in [5.41, 5.74) is 0.354. The molecular formula is C14H17NO4. The van der Waals surface area contributed by atoms with E-state index in [1.807, 2.05) is 0 Å². The summed E-state index contributed by atoms with van der Waals surface area (Å²) in [6.45, 7) is 0. The normalized spacial score (nSPS) is 15.6. The van der Waals surface area contributed by atoms with Crippen molar-refractivity contribution in [3.05, 3.63) is 29.8 Å². The number of carboxylic acids is 1. The predicted octanol–water partition coefficient (Wildman–Crippen LogP) is 1.68. The Bertz CT molecular complexity index is 482. The molecule has 2 rings (SSSR count). The lowest BCUT2D eigenvalue weighted by Crippen LogP contribution is -2.41. The average Bonchev–Trinajstić information content (AvgIpc) is 3.21. The van der Waals surface area contributed by atoms with Gasteiger partial charge in [0.2, 0.25) is 0 Å². The van der Waals surface area contributed by atoms with Crippen molar-refractivity contribution in [3.8, 4) is 5.75 Å². The zero-order chi connectivity index (χ0) is 13.8. The molecule has 0 aliphatic heterocycles. The molecule has 19 heavy (non-hydrogen) atoms. The van der Waals surface area contributed by atoms with Crippen LogP contribution in [0.15, 0.2) is 24.3 Å². The molecule has 0 bridgehead atoms. The van der Waals surface area contributed by atoms with Gasteiger partial charge >= 0.3 is 5.97 Å². The number of hydrogen-bond donors (Lipinski definition) is 2. The van der Waals surface area contributed by atoms with E-state index < -0.39 is 17.9 Å². The molecule has 102 valence electrons. The summed E-state index contributed by atoms with van der Waals surface area (Å²) < 4.78 is 5.09. The molecule has 1 saturated carbocycles. The highest BCUT2D eigenvalue weighted by Gasteiger charge is 2.30. The molecule has 0 saturated heterocycles. The molecule has 1 aromatic carbocycles. The first-order valence-corrected chi connectivity index (χ1v) is 6.28. The molecule has 0 radical (unpaired) electrons.